The molecular weight excluding hydrogens is 284 g/mol. The van der Waals surface area contributed by atoms with E-state index in [0.29, 0.717) is 6.42 Å². The van der Waals surface area contributed by atoms with Crippen LogP contribution in [-0.2, 0) is 0 Å². The molecule has 5 heteroatoms. The third-order valence-corrected chi connectivity index (χ3v) is 3.54. The Labute approximate surface area is 110 Å². The lowest BCUT2D eigenvalue weighted by Gasteiger charge is -2.15. The minimum atomic E-state index is -0.308. The summed E-state index contributed by atoms with van der Waals surface area (Å²) in [5, 5.41) is 14.4. The average Bonchev–Trinajstić information content (AvgIpc) is 2.32. The topological polar surface area (TPSA) is 61.4 Å². The van der Waals surface area contributed by atoms with Crippen LogP contribution >= 0.6 is 15.9 Å². The summed E-state index contributed by atoms with van der Waals surface area (Å²) < 4.78 is 0.868. The fourth-order valence-electron chi connectivity index (χ4n) is 1.36. The average molecular weight is 301 g/mol. The molecule has 0 saturated heterocycles. The summed E-state index contributed by atoms with van der Waals surface area (Å²) in [7, 11) is 0. The number of urea groups is 1. The third-order valence-electron chi connectivity index (χ3n) is 2.49. The monoisotopic (exact) mass is 300 g/mol. The molecule has 1 unspecified atom stereocenters. The van der Waals surface area contributed by atoms with Crippen LogP contribution < -0.4 is 10.6 Å². The molecule has 94 valence electrons. The zero-order chi connectivity index (χ0) is 12.8. The van der Waals surface area contributed by atoms with Gasteiger partial charge in [0.2, 0.25) is 0 Å². The first-order chi connectivity index (χ1) is 8.08. The maximum atomic E-state index is 11.7. The molecule has 0 aliphatic carbocycles. The molecule has 1 rings (SSSR count). The second kappa shape index (κ2) is 6.61. The standard InChI is InChI=1S/C12H17BrN2O2/c1-3-9(7-16)14-12(17)15-10-6-4-5-8(2)11(10)13/h4-6,9,16H,3,7H2,1-2H3,(H2,14,15,17). The molecule has 1 aromatic carbocycles. The van der Waals surface area contributed by atoms with Gasteiger partial charge in [-0.25, -0.2) is 4.79 Å². The molecule has 0 saturated carbocycles. The third kappa shape index (κ3) is 4.02. The van der Waals surface area contributed by atoms with Gasteiger partial charge >= 0.3 is 6.03 Å². The highest BCUT2D eigenvalue weighted by atomic mass is 79.9. The van der Waals surface area contributed by atoms with Crippen LogP contribution in [0.1, 0.15) is 18.9 Å². The molecule has 3 N–H and O–H groups in total. The number of carbonyl (C=O) groups is 1. The smallest absolute Gasteiger partial charge is 0.319 e. The highest BCUT2D eigenvalue weighted by Gasteiger charge is 2.10. The summed E-state index contributed by atoms with van der Waals surface area (Å²) in [4.78, 5) is 11.7. The Morgan fingerprint density at radius 3 is 2.82 bits per heavy atom. The number of benzene rings is 1. The number of hydrogen-bond acceptors (Lipinski definition) is 2. The molecule has 1 aromatic rings. The molecule has 17 heavy (non-hydrogen) atoms. The molecule has 0 aliphatic rings. The summed E-state index contributed by atoms with van der Waals surface area (Å²) in [6.07, 6.45) is 0.693. The second-order valence-electron chi connectivity index (χ2n) is 3.82. The Kier molecular flexibility index (Phi) is 5.44. The zero-order valence-electron chi connectivity index (χ0n) is 9.96. The molecule has 2 amide bonds. The first kappa shape index (κ1) is 14.0. The molecule has 0 aliphatic heterocycles. The van der Waals surface area contributed by atoms with Gasteiger partial charge in [0.1, 0.15) is 0 Å². The Hall–Kier alpha value is -1.07. The lowest BCUT2D eigenvalue weighted by molar-refractivity contribution is 0.222. The first-order valence-electron chi connectivity index (χ1n) is 5.52. The van der Waals surface area contributed by atoms with Gasteiger partial charge in [0.05, 0.1) is 18.3 Å². The normalized spacial score (nSPS) is 12.0. The van der Waals surface area contributed by atoms with E-state index in [9.17, 15) is 4.79 Å². The van der Waals surface area contributed by atoms with Gasteiger partial charge in [0, 0.05) is 4.47 Å². The van der Waals surface area contributed by atoms with Crippen LogP contribution in [0.4, 0.5) is 10.5 Å². The van der Waals surface area contributed by atoms with E-state index in [4.69, 9.17) is 5.11 Å². The highest BCUT2D eigenvalue weighted by molar-refractivity contribution is 9.10. The number of aryl methyl sites for hydroxylation is 1. The van der Waals surface area contributed by atoms with Crippen LogP contribution in [0.3, 0.4) is 0 Å². The molecular formula is C12H17BrN2O2. The minimum absolute atomic E-state index is 0.0566. The van der Waals surface area contributed by atoms with Crippen LogP contribution in [-0.4, -0.2) is 23.8 Å². The maximum Gasteiger partial charge on any atom is 0.319 e. The van der Waals surface area contributed by atoms with Crippen LogP contribution in [0, 0.1) is 6.92 Å². The summed E-state index contributed by atoms with van der Waals surface area (Å²) in [6.45, 7) is 3.80. The molecule has 1 atom stereocenters. The summed E-state index contributed by atoms with van der Waals surface area (Å²) in [5.74, 6) is 0. The van der Waals surface area contributed by atoms with Gasteiger partial charge in [0.15, 0.2) is 0 Å². The number of rotatable bonds is 4. The van der Waals surface area contributed by atoms with Crippen molar-refractivity contribution in [3.8, 4) is 0 Å². The van der Waals surface area contributed by atoms with E-state index in [1.807, 2.05) is 32.0 Å². The quantitative estimate of drug-likeness (QED) is 0.800. The summed E-state index contributed by atoms with van der Waals surface area (Å²) in [5.41, 5.74) is 1.77. The SMILES string of the molecule is CCC(CO)NC(=O)Nc1cccc(C)c1Br. The van der Waals surface area contributed by atoms with Crippen molar-refractivity contribution in [2.45, 2.75) is 26.3 Å². The van der Waals surface area contributed by atoms with Gasteiger partial charge in [-0.05, 0) is 40.9 Å². The van der Waals surface area contributed by atoms with Gasteiger partial charge in [-0.15, -0.1) is 0 Å². The Morgan fingerprint density at radius 1 is 1.53 bits per heavy atom. The van der Waals surface area contributed by atoms with Gasteiger partial charge in [0.25, 0.3) is 0 Å². The van der Waals surface area contributed by atoms with E-state index >= 15 is 0 Å². The number of amides is 2. The number of hydrogen-bond donors (Lipinski definition) is 3. The van der Waals surface area contributed by atoms with Crippen LogP contribution in [0.15, 0.2) is 22.7 Å². The van der Waals surface area contributed by atoms with Crippen LogP contribution in [0.5, 0.6) is 0 Å². The predicted octanol–water partition coefficient (Wildman–Crippen LogP) is 2.65. The van der Waals surface area contributed by atoms with E-state index in [1.165, 1.54) is 0 Å². The lowest BCUT2D eigenvalue weighted by Crippen LogP contribution is -2.39. The molecule has 0 fully saturated rings. The van der Waals surface area contributed by atoms with E-state index in [0.717, 1.165) is 15.7 Å². The van der Waals surface area contributed by atoms with E-state index in [2.05, 4.69) is 26.6 Å². The van der Waals surface area contributed by atoms with Crippen molar-refractivity contribution in [1.82, 2.24) is 5.32 Å². The molecule has 4 nitrogen and oxygen atoms in total. The summed E-state index contributed by atoms with van der Waals surface area (Å²) >= 11 is 3.42. The van der Waals surface area contributed by atoms with Crippen molar-refractivity contribution in [2.75, 3.05) is 11.9 Å². The largest absolute Gasteiger partial charge is 0.394 e. The van der Waals surface area contributed by atoms with E-state index in [1.54, 1.807) is 0 Å². The van der Waals surface area contributed by atoms with Crippen molar-refractivity contribution < 1.29 is 9.90 Å². The van der Waals surface area contributed by atoms with Gasteiger partial charge in [-0.2, -0.15) is 0 Å². The molecule has 0 bridgehead atoms. The fourth-order valence-corrected chi connectivity index (χ4v) is 1.73. The number of aliphatic hydroxyl groups is 1. The van der Waals surface area contributed by atoms with Crippen molar-refractivity contribution in [3.05, 3.63) is 28.2 Å². The Bertz CT molecular complexity index is 392. The summed E-state index contributed by atoms with van der Waals surface area (Å²) in [6, 6.07) is 5.13. The van der Waals surface area contributed by atoms with Gasteiger partial charge < -0.3 is 15.7 Å². The first-order valence-corrected chi connectivity index (χ1v) is 6.31. The lowest BCUT2D eigenvalue weighted by atomic mass is 10.2. The number of halogens is 1. The second-order valence-corrected chi connectivity index (χ2v) is 4.62. The van der Waals surface area contributed by atoms with E-state index < -0.39 is 0 Å². The number of nitrogens with one attached hydrogen (secondary N) is 2. The predicted molar refractivity (Wildman–Crippen MR) is 72.2 cm³/mol. The Morgan fingerprint density at radius 2 is 2.24 bits per heavy atom. The number of carbonyl (C=O) groups excluding carboxylic acids is 1. The minimum Gasteiger partial charge on any atom is -0.394 e. The van der Waals surface area contributed by atoms with E-state index in [-0.39, 0.29) is 18.7 Å². The zero-order valence-corrected chi connectivity index (χ0v) is 11.5. The van der Waals surface area contributed by atoms with Crippen molar-refractivity contribution in [1.29, 1.82) is 0 Å². The molecule has 0 spiro atoms. The molecule has 0 aromatic heterocycles. The fraction of sp³-hybridized carbons (Fsp3) is 0.417. The van der Waals surface area contributed by atoms with Crippen molar-refractivity contribution in [2.24, 2.45) is 0 Å². The van der Waals surface area contributed by atoms with Crippen molar-refractivity contribution >= 4 is 27.6 Å². The van der Waals surface area contributed by atoms with Crippen LogP contribution in [0.2, 0.25) is 0 Å². The molecule has 0 radical (unpaired) electrons. The number of anilines is 1. The Balaban J connectivity index is 2.65. The number of aliphatic hydroxyl groups excluding tert-OH is 1. The van der Waals surface area contributed by atoms with Crippen molar-refractivity contribution in [3.63, 3.8) is 0 Å². The van der Waals surface area contributed by atoms with Gasteiger partial charge in [-0.1, -0.05) is 19.1 Å². The highest BCUT2D eigenvalue weighted by Crippen LogP contribution is 2.25. The molecule has 0 heterocycles. The van der Waals surface area contributed by atoms with Gasteiger partial charge in [-0.3, -0.25) is 0 Å². The maximum absolute atomic E-state index is 11.7. The van der Waals surface area contributed by atoms with Crippen LogP contribution in [0.25, 0.3) is 0 Å².